The highest BCUT2D eigenvalue weighted by atomic mass is 15.3. The number of nitrogens with zero attached hydrogens (tertiary/aromatic N) is 2. The largest absolute Gasteiger partial charge is 0.330 e. The van der Waals surface area contributed by atoms with Crippen LogP contribution in [0.4, 0.5) is 0 Å². The molecular formula is C16H35N3. The third-order valence-electron chi connectivity index (χ3n) is 4.37. The standard InChI is InChI=1S/C16H35N3/c1-6-14(2)19-9-7-18(8-10-19)13-15(12-17)11-16(3,4)5/h14-15H,6-13,17H2,1-5H3. The van der Waals surface area contributed by atoms with Gasteiger partial charge in [-0.2, -0.15) is 0 Å². The maximum absolute atomic E-state index is 5.96. The van der Waals surface area contributed by atoms with Crippen LogP contribution in [0.3, 0.4) is 0 Å². The first-order valence-corrected chi connectivity index (χ1v) is 8.02. The van der Waals surface area contributed by atoms with Crippen LogP contribution < -0.4 is 5.73 Å². The summed E-state index contributed by atoms with van der Waals surface area (Å²) >= 11 is 0. The van der Waals surface area contributed by atoms with Crippen LogP contribution in [-0.4, -0.2) is 55.1 Å². The lowest BCUT2D eigenvalue weighted by Crippen LogP contribution is -2.51. The lowest BCUT2D eigenvalue weighted by atomic mass is 9.84. The molecule has 2 N–H and O–H groups in total. The van der Waals surface area contributed by atoms with Gasteiger partial charge >= 0.3 is 0 Å². The molecular weight excluding hydrogens is 234 g/mol. The van der Waals surface area contributed by atoms with E-state index in [0.717, 1.165) is 12.6 Å². The monoisotopic (exact) mass is 269 g/mol. The molecule has 2 atom stereocenters. The lowest BCUT2D eigenvalue weighted by Gasteiger charge is -2.39. The van der Waals surface area contributed by atoms with Gasteiger partial charge in [0.05, 0.1) is 0 Å². The zero-order valence-corrected chi connectivity index (χ0v) is 13.8. The first-order chi connectivity index (χ1) is 8.85. The minimum absolute atomic E-state index is 0.391. The van der Waals surface area contributed by atoms with Crippen molar-refractivity contribution in [3.8, 4) is 0 Å². The first-order valence-electron chi connectivity index (χ1n) is 8.02. The van der Waals surface area contributed by atoms with Gasteiger partial charge in [-0.3, -0.25) is 4.90 Å². The van der Waals surface area contributed by atoms with Gasteiger partial charge in [-0.05, 0) is 37.6 Å². The van der Waals surface area contributed by atoms with E-state index in [9.17, 15) is 0 Å². The third-order valence-corrected chi connectivity index (χ3v) is 4.37. The number of hydrogen-bond donors (Lipinski definition) is 1. The smallest absolute Gasteiger partial charge is 0.0113 e. The van der Waals surface area contributed by atoms with Crippen molar-refractivity contribution in [1.29, 1.82) is 0 Å². The molecule has 0 bridgehead atoms. The number of piperazine rings is 1. The summed E-state index contributed by atoms with van der Waals surface area (Å²) in [5.74, 6) is 0.648. The second-order valence-electron chi connectivity index (χ2n) is 7.46. The van der Waals surface area contributed by atoms with Gasteiger partial charge < -0.3 is 10.6 Å². The van der Waals surface area contributed by atoms with Gasteiger partial charge in [0.25, 0.3) is 0 Å². The predicted molar refractivity (Wildman–Crippen MR) is 84.4 cm³/mol. The second-order valence-corrected chi connectivity index (χ2v) is 7.46. The summed E-state index contributed by atoms with van der Waals surface area (Å²) in [7, 11) is 0. The van der Waals surface area contributed by atoms with E-state index in [1.54, 1.807) is 0 Å². The predicted octanol–water partition coefficient (Wildman–Crippen LogP) is 2.41. The van der Waals surface area contributed by atoms with Crippen LogP contribution in [0.2, 0.25) is 0 Å². The Morgan fingerprint density at radius 1 is 1.11 bits per heavy atom. The molecule has 1 fully saturated rings. The molecule has 114 valence electrons. The Morgan fingerprint density at radius 3 is 2.11 bits per heavy atom. The molecule has 0 aromatic carbocycles. The van der Waals surface area contributed by atoms with Crippen molar-refractivity contribution in [1.82, 2.24) is 9.80 Å². The molecule has 0 saturated carbocycles. The van der Waals surface area contributed by atoms with Crippen LogP contribution in [0.25, 0.3) is 0 Å². The summed E-state index contributed by atoms with van der Waals surface area (Å²) in [6.45, 7) is 18.5. The first kappa shape index (κ1) is 16.9. The van der Waals surface area contributed by atoms with Crippen LogP contribution in [0.5, 0.6) is 0 Å². The molecule has 1 heterocycles. The Balaban J connectivity index is 2.35. The van der Waals surface area contributed by atoms with Crippen LogP contribution in [0.15, 0.2) is 0 Å². The van der Waals surface area contributed by atoms with Crippen LogP contribution in [-0.2, 0) is 0 Å². The van der Waals surface area contributed by atoms with E-state index in [1.165, 1.54) is 45.6 Å². The molecule has 0 aliphatic carbocycles. The van der Waals surface area contributed by atoms with Crippen molar-refractivity contribution in [2.75, 3.05) is 39.3 Å². The molecule has 1 aliphatic rings. The number of nitrogens with two attached hydrogens (primary N) is 1. The third kappa shape index (κ3) is 6.24. The van der Waals surface area contributed by atoms with E-state index in [2.05, 4.69) is 44.4 Å². The highest BCUT2D eigenvalue weighted by Crippen LogP contribution is 2.24. The zero-order valence-electron chi connectivity index (χ0n) is 13.8. The molecule has 1 rings (SSSR count). The summed E-state index contributed by atoms with van der Waals surface area (Å²) in [5, 5.41) is 0. The second kappa shape index (κ2) is 7.61. The maximum Gasteiger partial charge on any atom is 0.0113 e. The summed E-state index contributed by atoms with van der Waals surface area (Å²) < 4.78 is 0. The van der Waals surface area contributed by atoms with Gasteiger partial charge in [-0.25, -0.2) is 0 Å². The fraction of sp³-hybridized carbons (Fsp3) is 1.00. The number of hydrogen-bond acceptors (Lipinski definition) is 3. The minimum atomic E-state index is 0.391. The molecule has 0 radical (unpaired) electrons. The molecule has 0 aromatic rings. The quantitative estimate of drug-likeness (QED) is 0.804. The topological polar surface area (TPSA) is 32.5 Å². The van der Waals surface area contributed by atoms with Crippen molar-refractivity contribution in [2.45, 2.75) is 53.5 Å². The van der Waals surface area contributed by atoms with Gasteiger partial charge in [0, 0.05) is 38.8 Å². The molecule has 3 nitrogen and oxygen atoms in total. The SMILES string of the molecule is CCC(C)N1CCN(CC(CN)CC(C)(C)C)CC1. The molecule has 19 heavy (non-hydrogen) atoms. The van der Waals surface area contributed by atoms with E-state index < -0.39 is 0 Å². The van der Waals surface area contributed by atoms with Gasteiger partial charge in [0.2, 0.25) is 0 Å². The van der Waals surface area contributed by atoms with Crippen LogP contribution in [0, 0.1) is 11.3 Å². The van der Waals surface area contributed by atoms with E-state index in [0.29, 0.717) is 11.3 Å². The lowest BCUT2D eigenvalue weighted by molar-refractivity contribution is 0.0849. The summed E-state index contributed by atoms with van der Waals surface area (Å²) in [4.78, 5) is 5.24. The average molecular weight is 269 g/mol. The average Bonchev–Trinajstić information content (AvgIpc) is 2.36. The molecule has 1 saturated heterocycles. The van der Waals surface area contributed by atoms with Gasteiger partial charge in [0.1, 0.15) is 0 Å². The Kier molecular flexibility index (Phi) is 6.78. The van der Waals surface area contributed by atoms with Crippen LogP contribution in [0.1, 0.15) is 47.5 Å². The maximum atomic E-state index is 5.96. The van der Waals surface area contributed by atoms with Gasteiger partial charge in [-0.15, -0.1) is 0 Å². The fourth-order valence-electron chi connectivity index (χ4n) is 3.10. The molecule has 1 aliphatic heterocycles. The fourth-order valence-corrected chi connectivity index (χ4v) is 3.10. The van der Waals surface area contributed by atoms with E-state index in [1.807, 2.05) is 0 Å². The Morgan fingerprint density at radius 2 is 1.68 bits per heavy atom. The zero-order chi connectivity index (χ0) is 14.5. The molecule has 0 spiro atoms. The van der Waals surface area contributed by atoms with Gasteiger partial charge in [0.15, 0.2) is 0 Å². The van der Waals surface area contributed by atoms with Crippen molar-refractivity contribution in [3.63, 3.8) is 0 Å². The highest BCUT2D eigenvalue weighted by Gasteiger charge is 2.24. The summed E-state index contributed by atoms with van der Waals surface area (Å²) in [5.41, 5.74) is 6.35. The van der Waals surface area contributed by atoms with Crippen molar-refractivity contribution >= 4 is 0 Å². The van der Waals surface area contributed by atoms with Crippen molar-refractivity contribution < 1.29 is 0 Å². The normalized spacial score (nSPS) is 22.4. The molecule has 2 unspecified atom stereocenters. The molecule has 0 aromatic heterocycles. The highest BCUT2D eigenvalue weighted by molar-refractivity contribution is 4.79. The Bertz CT molecular complexity index is 239. The van der Waals surface area contributed by atoms with Gasteiger partial charge in [-0.1, -0.05) is 27.7 Å². The van der Waals surface area contributed by atoms with Crippen LogP contribution >= 0.6 is 0 Å². The summed E-state index contributed by atoms with van der Waals surface area (Å²) in [6, 6.07) is 0.738. The summed E-state index contributed by atoms with van der Waals surface area (Å²) in [6.07, 6.45) is 2.49. The van der Waals surface area contributed by atoms with Crippen molar-refractivity contribution in [2.24, 2.45) is 17.1 Å². The Labute approximate surface area is 120 Å². The molecule has 3 heteroatoms. The number of rotatable bonds is 6. The van der Waals surface area contributed by atoms with E-state index in [-0.39, 0.29) is 0 Å². The minimum Gasteiger partial charge on any atom is -0.330 e. The molecule has 0 amide bonds. The van der Waals surface area contributed by atoms with E-state index in [4.69, 9.17) is 5.73 Å². The van der Waals surface area contributed by atoms with Crippen molar-refractivity contribution in [3.05, 3.63) is 0 Å². The Hall–Kier alpha value is -0.120. The van der Waals surface area contributed by atoms with E-state index >= 15 is 0 Å².